The van der Waals surface area contributed by atoms with Crippen molar-refractivity contribution in [2.75, 3.05) is 13.2 Å². The lowest BCUT2D eigenvalue weighted by Crippen LogP contribution is -2.63. The minimum atomic E-state index is -0.674. The van der Waals surface area contributed by atoms with E-state index in [1.54, 1.807) is 6.92 Å². The number of aliphatic hydroxyl groups is 1. The highest BCUT2D eigenvalue weighted by Gasteiger charge is 2.72. The van der Waals surface area contributed by atoms with Crippen molar-refractivity contribution >= 4 is 17.9 Å². The summed E-state index contributed by atoms with van der Waals surface area (Å²) in [5.41, 5.74) is -0.845. The molecule has 0 amide bonds. The summed E-state index contributed by atoms with van der Waals surface area (Å²) in [5.74, 6) is -2.46. The number of carbonyl (C=O) groups excluding carboxylic acids is 3. The van der Waals surface area contributed by atoms with Gasteiger partial charge in [0.25, 0.3) is 0 Å². The van der Waals surface area contributed by atoms with E-state index in [1.165, 1.54) is 0 Å². The summed E-state index contributed by atoms with van der Waals surface area (Å²) in [7, 11) is 0. The zero-order valence-corrected chi connectivity index (χ0v) is 18.9. The summed E-state index contributed by atoms with van der Waals surface area (Å²) < 4.78 is 23.5. The number of hydrogen-bond donors (Lipinski definition) is 1. The lowest BCUT2D eigenvalue weighted by molar-refractivity contribution is -0.210. The zero-order chi connectivity index (χ0) is 23.4. The number of fused-ring (bicyclic) bond motifs is 4. The molecule has 1 spiro atoms. The van der Waals surface area contributed by atoms with Gasteiger partial charge in [0.1, 0.15) is 18.3 Å². The molecule has 8 heteroatoms. The molecular weight excluding hydrogens is 416 g/mol. The minimum absolute atomic E-state index is 0.0257. The summed E-state index contributed by atoms with van der Waals surface area (Å²) in [6.07, 6.45) is 0.488. The van der Waals surface area contributed by atoms with Gasteiger partial charge in [-0.2, -0.15) is 0 Å². The molecule has 2 aliphatic carbocycles. The second-order valence-electron chi connectivity index (χ2n) is 9.94. The smallest absolute Gasteiger partial charge is 0.336 e. The topological polar surface area (TPSA) is 112 Å². The monoisotopic (exact) mass is 448 g/mol. The Kier molecular flexibility index (Phi) is 5.74. The fourth-order valence-electron chi connectivity index (χ4n) is 5.91. The lowest BCUT2D eigenvalue weighted by atomic mass is 9.51. The van der Waals surface area contributed by atoms with Crippen LogP contribution in [0.3, 0.4) is 0 Å². The van der Waals surface area contributed by atoms with E-state index in [9.17, 15) is 19.5 Å². The van der Waals surface area contributed by atoms with E-state index in [0.717, 1.165) is 0 Å². The lowest BCUT2D eigenvalue weighted by Gasteiger charge is -2.56. The maximum absolute atomic E-state index is 12.7. The highest BCUT2D eigenvalue weighted by Crippen LogP contribution is 2.64. The number of epoxide rings is 1. The largest absolute Gasteiger partial charge is 0.461 e. The molecule has 4 aliphatic rings. The van der Waals surface area contributed by atoms with Crippen LogP contribution in [0.2, 0.25) is 0 Å². The molecule has 4 rings (SSSR count). The SMILES string of the molecule is C=C(CO)C(=O)O[C@H]1CC[C@@]2(CO2)[C@@H]2[C@H]3OC(=O)C(=C)[C@@H]3[C@@H](OC(=O)[C@H](C)CC)C[C@@]12C. The summed E-state index contributed by atoms with van der Waals surface area (Å²) in [5, 5.41) is 9.28. The van der Waals surface area contributed by atoms with Crippen molar-refractivity contribution in [1.29, 1.82) is 0 Å². The molecule has 176 valence electrons. The van der Waals surface area contributed by atoms with Crippen LogP contribution in [0.25, 0.3) is 0 Å². The van der Waals surface area contributed by atoms with Crippen LogP contribution >= 0.6 is 0 Å². The van der Waals surface area contributed by atoms with Gasteiger partial charge in [0.2, 0.25) is 0 Å². The average Bonchev–Trinajstić information content (AvgIpc) is 3.46. The maximum atomic E-state index is 12.7. The highest BCUT2D eigenvalue weighted by molar-refractivity contribution is 5.91. The van der Waals surface area contributed by atoms with Crippen molar-refractivity contribution in [3.8, 4) is 0 Å². The third-order valence-corrected chi connectivity index (χ3v) is 8.00. The van der Waals surface area contributed by atoms with E-state index < -0.39 is 53.8 Å². The van der Waals surface area contributed by atoms with Crippen LogP contribution in [0.4, 0.5) is 0 Å². The molecule has 0 aromatic carbocycles. The van der Waals surface area contributed by atoms with Gasteiger partial charge in [-0.25, -0.2) is 9.59 Å². The third kappa shape index (κ3) is 3.48. The molecule has 0 unspecified atom stereocenters. The Morgan fingerprint density at radius 2 is 2.03 bits per heavy atom. The van der Waals surface area contributed by atoms with Crippen LogP contribution < -0.4 is 0 Å². The van der Waals surface area contributed by atoms with Gasteiger partial charge in [0.15, 0.2) is 0 Å². The molecule has 8 nitrogen and oxygen atoms in total. The molecule has 2 saturated carbocycles. The molecule has 0 aromatic heterocycles. The van der Waals surface area contributed by atoms with Gasteiger partial charge in [-0.15, -0.1) is 0 Å². The van der Waals surface area contributed by atoms with Crippen LogP contribution in [0.15, 0.2) is 24.3 Å². The van der Waals surface area contributed by atoms with Gasteiger partial charge in [-0.3, -0.25) is 4.79 Å². The van der Waals surface area contributed by atoms with Crippen LogP contribution in [0.1, 0.15) is 46.5 Å². The standard InChI is InChI=1S/C24H32O8/c1-6-12(2)20(26)30-15-9-23(5)16(31-21(27)13(3)10-25)7-8-24(11-29-24)19(23)18-17(15)14(4)22(28)32-18/h12,15-19,25H,3-4,6-11H2,1-2,5H3/t12-,15+,16+,17-,18+,19-,23+,24-/m1/s1. The Morgan fingerprint density at radius 1 is 1.34 bits per heavy atom. The normalized spacial score (nSPS) is 40.7. The third-order valence-electron chi connectivity index (χ3n) is 8.00. The Labute approximate surface area is 187 Å². The van der Waals surface area contributed by atoms with Gasteiger partial charge >= 0.3 is 17.9 Å². The first-order valence-corrected chi connectivity index (χ1v) is 11.3. The first kappa shape index (κ1) is 23.0. The predicted molar refractivity (Wildman–Crippen MR) is 112 cm³/mol. The average molecular weight is 449 g/mol. The number of aliphatic hydroxyl groups excluding tert-OH is 1. The van der Waals surface area contributed by atoms with E-state index in [2.05, 4.69) is 13.2 Å². The predicted octanol–water partition coefficient (Wildman–Crippen LogP) is 2.09. The van der Waals surface area contributed by atoms with Crippen molar-refractivity contribution < 1.29 is 38.4 Å². The van der Waals surface area contributed by atoms with Gasteiger partial charge in [0.05, 0.1) is 36.2 Å². The molecule has 32 heavy (non-hydrogen) atoms. The molecule has 0 radical (unpaired) electrons. The first-order valence-electron chi connectivity index (χ1n) is 11.3. The Balaban J connectivity index is 1.70. The molecule has 2 saturated heterocycles. The zero-order valence-electron chi connectivity index (χ0n) is 18.9. The number of esters is 3. The molecule has 0 aromatic rings. The van der Waals surface area contributed by atoms with Gasteiger partial charge in [-0.1, -0.05) is 33.9 Å². The van der Waals surface area contributed by atoms with Gasteiger partial charge in [-0.05, 0) is 25.7 Å². The van der Waals surface area contributed by atoms with E-state index in [0.29, 0.717) is 37.9 Å². The number of hydrogen-bond acceptors (Lipinski definition) is 8. The fraction of sp³-hybridized carbons (Fsp3) is 0.708. The fourth-order valence-corrected chi connectivity index (χ4v) is 5.91. The van der Waals surface area contributed by atoms with Crippen LogP contribution in [0, 0.1) is 23.2 Å². The van der Waals surface area contributed by atoms with E-state index in [-0.39, 0.29) is 23.4 Å². The van der Waals surface area contributed by atoms with E-state index >= 15 is 0 Å². The van der Waals surface area contributed by atoms with E-state index in [1.807, 2.05) is 13.8 Å². The first-order chi connectivity index (χ1) is 15.1. The molecule has 0 bridgehead atoms. The molecule has 1 N–H and O–H groups in total. The summed E-state index contributed by atoms with van der Waals surface area (Å²) >= 11 is 0. The van der Waals surface area contributed by atoms with Crippen LogP contribution in [-0.4, -0.2) is 60.1 Å². The Morgan fingerprint density at radius 3 is 2.62 bits per heavy atom. The molecular formula is C24H32O8. The van der Waals surface area contributed by atoms with Crippen molar-refractivity contribution in [2.45, 2.75) is 70.4 Å². The summed E-state index contributed by atoms with van der Waals surface area (Å²) in [6, 6.07) is 0. The number of rotatable bonds is 6. The molecule has 8 atom stereocenters. The van der Waals surface area contributed by atoms with E-state index in [4.69, 9.17) is 18.9 Å². The van der Waals surface area contributed by atoms with Crippen molar-refractivity contribution in [3.05, 3.63) is 24.3 Å². The van der Waals surface area contributed by atoms with Gasteiger partial charge in [0, 0.05) is 16.9 Å². The quantitative estimate of drug-likeness (QED) is 0.285. The number of carbonyl (C=O) groups is 3. The number of ether oxygens (including phenoxy) is 4. The summed E-state index contributed by atoms with van der Waals surface area (Å²) in [6.45, 7) is 13.3. The van der Waals surface area contributed by atoms with Crippen molar-refractivity contribution in [3.63, 3.8) is 0 Å². The Bertz CT molecular complexity index is 858. The van der Waals surface area contributed by atoms with Crippen LogP contribution in [-0.2, 0) is 33.3 Å². The van der Waals surface area contributed by atoms with Crippen LogP contribution in [0.5, 0.6) is 0 Å². The Hall–Kier alpha value is -2.19. The molecule has 2 heterocycles. The second-order valence-corrected chi connectivity index (χ2v) is 9.94. The second kappa shape index (κ2) is 7.99. The molecule has 2 aliphatic heterocycles. The minimum Gasteiger partial charge on any atom is -0.461 e. The maximum Gasteiger partial charge on any atom is 0.336 e. The van der Waals surface area contributed by atoms with Crippen molar-refractivity contribution in [2.24, 2.45) is 23.2 Å². The highest BCUT2D eigenvalue weighted by atomic mass is 16.6. The van der Waals surface area contributed by atoms with Crippen molar-refractivity contribution in [1.82, 2.24) is 0 Å². The van der Waals surface area contributed by atoms with Gasteiger partial charge < -0.3 is 24.1 Å². The summed E-state index contributed by atoms with van der Waals surface area (Å²) in [4.78, 5) is 37.7. The molecule has 4 fully saturated rings.